The lowest BCUT2D eigenvalue weighted by Crippen LogP contribution is -2.17. The summed E-state index contributed by atoms with van der Waals surface area (Å²) in [7, 11) is 0. The Morgan fingerprint density at radius 2 is 1.94 bits per heavy atom. The smallest absolute Gasteiger partial charge is 0.250 e. The first-order chi connectivity index (χ1) is 8.06. The van der Waals surface area contributed by atoms with Gasteiger partial charge in [0, 0.05) is 17.8 Å². The summed E-state index contributed by atoms with van der Waals surface area (Å²) in [5.41, 5.74) is 11.7. The third-order valence-corrected chi connectivity index (χ3v) is 2.42. The van der Waals surface area contributed by atoms with Gasteiger partial charge in [0.05, 0.1) is 5.56 Å². The molecule has 0 fully saturated rings. The van der Waals surface area contributed by atoms with Crippen molar-refractivity contribution in [3.05, 3.63) is 29.3 Å². The van der Waals surface area contributed by atoms with Crippen LogP contribution in [-0.4, -0.2) is 18.4 Å². The Morgan fingerprint density at radius 1 is 1.24 bits per heavy atom. The third-order valence-electron chi connectivity index (χ3n) is 2.42. The summed E-state index contributed by atoms with van der Waals surface area (Å²) in [5, 5.41) is 3.08. The van der Waals surface area contributed by atoms with Crippen LogP contribution in [0.25, 0.3) is 0 Å². The maximum Gasteiger partial charge on any atom is 0.250 e. The SMILES string of the molecule is CCCCNc1cc(C(N)=O)ccc1C(N)=O. The van der Waals surface area contributed by atoms with Gasteiger partial charge in [0.25, 0.3) is 5.91 Å². The number of amides is 2. The van der Waals surface area contributed by atoms with Crippen LogP contribution < -0.4 is 16.8 Å². The first kappa shape index (κ1) is 13.0. The van der Waals surface area contributed by atoms with Gasteiger partial charge in [-0.2, -0.15) is 0 Å². The zero-order valence-electron chi connectivity index (χ0n) is 9.82. The molecule has 5 nitrogen and oxygen atoms in total. The zero-order valence-corrected chi connectivity index (χ0v) is 9.82. The van der Waals surface area contributed by atoms with E-state index in [4.69, 9.17) is 11.5 Å². The summed E-state index contributed by atoms with van der Waals surface area (Å²) < 4.78 is 0. The lowest BCUT2D eigenvalue weighted by atomic mass is 10.1. The fourth-order valence-corrected chi connectivity index (χ4v) is 1.46. The monoisotopic (exact) mass is 235 g/mol. The van der Waals surface area contributed by atoms with Gasteiger partial charge in [-0.3, -0.25) is 9.59 Å². The average Bonchev–Trinajstić information content (AvgIpc) is 2.28. The van der Waals surface area contributed by atoms with Crippen molar-refractivity contribution < 1.29 is 9.59 Å². The molecule has 5 heteroatoms. The number of anilines is 1. The summed E-state index contributed by atoms with van der Waals surface area (Å²) in [5.74, 6) is -1.06. The zero-order chi connectivity index (χ0) is 12.8. The second kappa shape index (κ2) is 5.89. The summed E-state index contributed by atoms with van der Waals surface area (Å²) in [6, 6.07) is 4.56. The fraction of sp³-hybridized carbons (Fsp3) is 0.333. The number of nitrogens with two attached hydrogens (primary N) is 2. The average molecular weight is 235 g/mol. The normalized spacial score (nSPS) is 9.94. The Kier molecular flexibility index (Phi) is 4.51. The van der Waals surface area contributed by atoms with Crippen LogP contribution in [0.5, 0.6) is 0 Å². The minimum absolute atomic E-state index is 0.356. The maximum absolute atomic E-state index is 11.2. The molecule has 0 saturated carbocycles. The molecule has 0 atom stereocenters. The van der Waals surface area contributed by atoms with Crippen LogP contribution in [0.3, 0.4) is 0 Å². The number of benzene rings is 1. The first-order valence-corrected chi connectivity index (χ1v) is 5.53. The molecule has 1 rings (SSSR count). The molecule has 5 N–H and O–H groups in total. The predicted octanol–water partition coefficient (Wildman–Crippen LogP) is 1.10. The highest BCUT2D eigenvalue weighted by molar-refractivity contribution is 6.01. The Labute approximate surface area is 100 Å². The van der Waals surface area contributed by atoms with Crippen LogP contribution in [0.4, 0.5) is 5.69 Å². The van der Waals surface area contributed by atoms with E-state index >= 15 is 0 Å². The van der Waals surface area contributed by atoms with Gasteiger partial charge in [-0.15, -0.1) is 0 Å². The van der Waals surface area contributed by atoms with Crippen LogP contribution >= 0.6 is 0 Å². The van der Waals surface area contributed by atoms with E-state index in [1.54, 1.807) is 6.07 Å². The lowest BCUT2D eigenvalue weighted by Gasteiger charge is -2.10. The highest BCUT2D eigenvalue weighted by atomic mass is 16.1. The molecule has 0 aliphatic heterocycles. The molecule has 0 aliphatic rings. The summed E-state index contributed by atoms with van der Waals surface area (Å²) >= 11 is 0. The summed E-state index contributed by atoms with van der Waals surface area (Å²) in [4.78, 5) is 22.2. The molecule has 2 amide bonds. The van der Waals surface area contributed by atoms with Crippen LogP contribution in [-0.2, 0) is 0 Å². The highest BCUT2D eigenvalue weighted by Crippen LogP contribution is 2.17. The topological polar surface area (TPSA) is 98.2 Å². The van der Waals surface area contributed by atoms with Crippen molar-refractivity contribution in [2.24, 2.45) is 11.5 Å². The maximum atomic E-state index is 11.2. The standard InChI is InChI=1S/C12H17N3O2/c1-2-3-6-15-10-7-8(11(13)16)4-5-9(10)12(14)17/h4-5,7,15H,2-3,6H2,1H3,(H2,13,16)(H2,14,17). The molecule has 0 aliphatic carbocycles. The van der Waals surface area contributed by atoms with E-state index in [2.05, 4.69) is 12.2 Å². The molecule has 92 valence electrons. The van der Waals surface area contributed by atoms with Crippen LogP contribution in [0.2, 0.25) is 0 Å². The highest BCUT2D eigenvalue weighted by Gasteiger charge is 2.10. The molecule has 0 heterocycles. The number of hydrogen-bond donors (Lipinski definition) is 3. The number of carbonyl (C=O) groups excluding carboxylic acids is 2. The van der Waals surface area contributed by atoms with Gasteiger partial charge >= 0.3 is 0 Å². The van der Waals surface area contributed by atoms with Gasteiger partial charge in [0.2, 0.25) is 5.91 Å². The molecule has 0 saturated heterocycles. The lowest BCUT2D eigenvalue weighted by molar-refractivity contribution is 0.0989. The Bertz CT molecular complexity index is 430. The fourth-order valence-electron chi connectivity index (χ4n) is 1.46. The molecule has 0 unspecified atom stereocenters. The van der Waals surface area contributed by atoms with Gasteiger partial charge in [0.1, 0.15) is 0 Å². The van der Waals surface area contributed by atoms with Crippen molar-refractivity contribution in [1.29, 1.82) is 0 Å². The molecule has 0 aromatic heterocycles. The van der Waals surface area contributed by atoms with Gasteiger partial charge < -0.3 is 16.8 Å². The number of unbranched alkanes of at least 4 members (excludes halogenated alkanes) is 1. The molecule has 0 radical (unpaired) electrons. The molecule has 1 aromatic rings. The van der Waals surface area contributed by atoms with E-state index in [-0.39, 0.29) is 0 Å². The molecule has 1 aromatic carbocycles. The van der Waals surface area contributed by atoms with Crippen LogP contribution in [0.15, 0.2) is 18.2 Å². The predicted molar refractivity (Wildman–Crippen MR) is 66.9 cm³/mol. The first-order valence-electron chi connectivity index (χ1n) is 5.53. The number of carbonyl (C=O) groups is 2. The number of rotatable bonds is 6. The molecule has 17 heavy (non-hydrogen) atoms. The molecular formula is C12H17N3O2. The third kappa shape index (κ3) is 3.48. The van der Waals surface area contributed by atoms with E-state index in [1.807, 2.05) is 0 Å². The largest absolute Gasteiger partial charge is 0.384 e. The summed E-state index contributed by atoms with van der Waals surface area (Å²) in [6.45, 7) is 2.79. The molecule has 0 spiro atoms. The van der Waals surface area contributed by atoms with E-state index < -0.39 is 11.8 Å². The minimum atomic E-state index is -0.528. The van der Waals surface area contributed by atoms with E-state index in [0.717, 1.165) is 19.4 Å². The number of hydrogen-bond acceptors (Lipinski definition) is 3. The van der Waals surface area contributed by atoms with Crippen molar-refractivity contribution in [2.45, 2.75) is 19.8 Å². The van der Waals surface area contributed by atoms with Crippen molar-refractivity contribution >= 4 is 17.5 Å². The van der Waals surface area contributed by atoms with Crippen molar-refractivity contribution in [3.63, 3.8) is 0 Å². The van der Waals surface area contributed by atoms with Crippen molar-refractivity contribution in [3.8, 4) is 0 Å². The van der Waals surface area contributed by atoms with Crippen molar-refractivity contribution in [1.82, 2.24) is 0 Å². The van der Waals surface area contributed by atoms with Gasteiger partial charge in [-0.1, -0.05) is 13.3 Å². The second-order valence-electron chi connectivity index (χ2n) is 3.77. The second-order valence-corrected chi connectivity index (χ2v) is 3.77. The number of nitrogens with one attached hydrogen (secondary N) is 1. The van der Waals surface area contributed by atoms with Crippen LogP contribution in [0.1, 0.15) is 40.5 Å². The van der Waals surface area contributed by atoms with Gasteiger partial charge in [-0.25, -0.2) is 0 Å². The van der Waals surface area contributed by atoms with Crippen molar-refractivity contribution in [2.75, 3.05) is 11.9 Å². The summed E-state index contributed by atoms with van der Waals surface area (Å²) in [6.07, 6.45) is 2.01. The minimum Gasteiger partial charge on any atom is -0.384 e. The molecular weight excluding hydrogens is 218 g/mol. The van der Waals surface area contributed by atoms with Gasteiger partial charge in [-0.05, 0) is 24.6 Å². The van der Waals surface area contributed by atoms with E-state index in [1.165, 1.54) is 12.1 Å². The Morgan fingerprint density at radius 3 is 2.47 bits per heavy atom. The quantitative estimate of drug-likeness (QED) is 0.644. The number of primary amides is 2. The van der Waals surface area contributed by atoms with E-state index in [9.17, 15) is 9.59 Å². The van der Waals surface area contributed by atoms with Crippen LogP contribution in [0, 0.1) is 0 Å². The van der Waals surface area contributed by atoms with Gasteiger partial charge in [0.15, 0.2) is 0 Å². The Hall–Kier alpha value is -2.04. The van der Waals surface area contributed by atoms with E-state index in [0.29, 0.717) is 16.8 Å². The Balaban J connectivity index is 2.98. The molecule has 0 bridgehead atoms.